The number of fused-ring (bicyclic) bond motifs is 5. The van der Waals surface area contributed by atoms with Crippen LogP contribution in [0.5, 0.6) is 11.6 Å². The number of nitrogens with zero attached hydrogens (tertiary/aromatic N) is 2. The van der Waals surface area contributed by atoms with E-state index in [4.69, 9.17) is 14.1 Å². The van der Waals surface area contributed by atoms with Gasteiger partial charge < -0.3 is 19.0 Å². The monoisotopic (exact) mass is 513 g/mol. The number of para-hydroxylation sites is 1. The van der Waals surface area contributed by atoms with Crippen molar-refractivity contribution in [2.24, 2.45) is 0 Å². The largest absolute Gasteiger partial charge is 0.437 e. The number of ether oxygens (including phenoxy) is 1. The fourth-order valence-electron chi connectivity index (χ4n) is 5.31. The summed E-state index contributed by atoms with van der Waals surface area (Å²) in [6.07, 6.45) is 0. The van der Waals surface area contributed by atoms with Gasteiger partial charge in [-0.05, 0) is 35.2 Å². The van der Waals surface area contributed by atoms with Crippen LogP contribution in [0.1, 0.15) is 22.6 Å². The Hall–Kier alpha value is -5.17. The molecule has 4 aromatic carbocycles. The third kappa shape index (κ3) is 3.70. The maximum absolute atomic E-state index is 13.7. The molecule has 0 saturated heterocycles. The van der Waals surface area contributed by atoms with Crippen LogP contribution in [-0.4, -0.2) is 24.1 Å². The molecule has 1 aliphatic heterocycles. The number of anilines is 1. The van der Waals surface area contributed by atoms with Crippen molar-refractivity contribution in [2.75, 3.05) is 19.0 Å². The average molecular weight is 514 g/mol. The first-order chi connectivity index (χ1) is 19.0. The first-order valence-corrected chi connectivity index (χ1v) is 12.6. The maximum Gasteiger partial charge on any atom is 0.347 e. The van der Waals surface area contributed by atoms with Gasteiger partial charge in [0, 0.05) is 42.0 Å². The highest BCUT2D eigenvalue weighted by atomic mass is 16.5. The number of aromatic amines is 1. The Morgan fingerprint density at radius 2 is 1.59 bits per heavy atom. The first-order valence-electron chi connectivity index (χ1n) is 12.6. The normalized spacial score (nSPS) is 14.1. The van der Waals surface area contributed by atoms with Crippen LogP contribution in [0, 0.1) is 0 Å². The Labute approximate surface area is 222 Å². The summed E-state index contributed by atoms with van der Waals surface area (Å²) >= 11 is 0. The molecule has 7 rings (SSSR count). The molecule has 0 fully saturated rings. The summed E-state index contributed by atoms with van der Waals surface area (Å²) in [6, 6.07) is 29.0. The van der Waals surface area contributed by atoms with Gasteiger partial charge in [0.25, 0.3) is 5.56 Å². The van der Waals surface area contributed by atoms with Gasteiger partial charge in [-0.2, -0.15) is 4.98 Å². The van der Waals surface area contributed by atoms with E-state index in [2.05, 4.69) is 4.98 Å². The molecule has 39 heavy (non-hydrogen) atoms. The third-order valence-corrected chi connectivity index (χ3v) is 7.27. The van der Waals surface area contributed by atoms with E-state index in [0.717, 1.165) is 33.0 Å². The van der Waals surface area contributed by atoms with Crippen molar-refractivity contribution in [1.29, 1.82) is 0 Å². The van der Waals surface area contributed by atoms with E-state index in [1.807, 2.05) is 91.8 Å². The molecule has 0 saturated carbocycles. The average Bonchev–Trinajstić information content (AvgIpc) is 2.95. The maximum atomic E-state index is 13.7. The van der Waals surface area contributed by atoms with Gasteiger partial charge in [-0.3, -0.25) is 4.79 Å². The molecule has 1 atom stereocenters. The second kappa shape index (κ2) is 8.70. The van der Waals surface area contributed by atoms with E-state index >= 15 is 0 Å². The standard InChI is InChI=1S/C32H23N3O4/c1-35(2)21-14-11-19(12-15-21)26-23-16-13-18-7-3-5-9-22(18)28(23)39-31-27(26)30(36)33-29(34-31)24-17-20-8-4-6-10-25(20)38-32(24)37/h3-17,26H,1-2H3,(H,33,34,36). The van der Waals surface area contributed by atoms with Crippen molar-refractivity contribution in [3.8, 4) is 23.0 Å². The summed E-state index contributed by atoms with van der Waals surface area (Å²) in [5.74, 6) is 0.509. The minimum atomic E-state index is -0.589. The van der Waals surface area contributed by atoms with Crippen LogP contribution in [-0.2, 0) is 0 Å². The lowest BCUT2D eigenvalue weighted by molar-refractivity contribution is 0.436. The molecule has 0 radical (unpaired) electrons. The van der Waals surface area contributed by atoms with Crippen LogP contribution in [0.3, 0.4) is 0 Å². The van der Waals surface area contributed by atoms with E-state index in [9.17, 15) is 9.59 Å². The summed E-state index contributed by atoms with van der Waals surface area (Å²) in [7, 11) is 3.97. The zero-order valence-electron chi connectivity index (χ0n) is 21.3. The topological polar surface area (TPSA) is 88.4 Å². The smallest absolute Gasteiger partial charge is 0.347 e. The van der Waals surface area contributed by atoms with Crippen LogP contribution >= 0.6 is 0 Å². The predicted octanol–water partition coefficient (Wildman–Crippen LogP) is 6.05. The Morgan fingerprint density at radius 3 is 2.38 bits per heavy atom. The highest BCUT2D eigenvalue weighted by Crippen LogP contribution is 2.48. The number of hydrogen-bond donors (Lipinski definition) is 1. The lowest BCUT2D eigenvalue weighted by atomic mass is 9.83. The molecule has 0 spiro atoms. The molecule has 0 amide bonds. The molecule has 1 N–H and O–H groups in total. The van der Waals surface area contributed by atoms with Gasteiger partial charge in [-0.25, -0.2) is 4.79 Å². The van der Waals surface area contributed by atoms with Crippen LogP contribution in [0.25, 0.3) is 33.1 Å². The van der Waals surface area contributed by atoms with Gasteiger partial charge in [0.2, 0.25) is 5.88 Å². The Kier molecular flexibility index (Phi) is 5.13. The predicted molar refractivity (Wildman–Crippen MR) is 152 cm³/mol. The molecule has 0 aliphatic carbocycles. The highest BCUT2D eigenvalue weighted by molar-refractivity contribution is 5.91. The molecule has 1 aliphatic rings. The lowest BCUT2D eigenvalue weighted by Crippen LogP contribution is -2.25. The van der Waals surface area contributed by atoms with E-state index in [-0.39, 0.29) is 22.8 Å². The Bertz CT molecular complexity index is 2020. The number of benzene rings is 4. The van der Waals surface area contributed by atoms with Crippen molar-refractivity contribution in [1.82, 2.24) is 9.97 Å². The number of rotatable bonds is 3. The van der Waals surface area contributed by atoms with Gasteiger partial charge in [-0.1, -0.05) is 66.7 Å². The van der Waals surface area contributed by atoms with Crippen LogP contribution < -0.4 is 20.8 Å². The summed E-state index contributed by atoms with van der Waals surface area (Å²) < 4.78 is 11.9. The summed E-state index contributed by atoms with van der Waals surface area (Å²) in [5.41, 5.74) is 2.92. The van der Waals surface area contributed by atoms with Gasteiger partial charge in [0.1, 0.15) is 16.9 Å². The van der Waals surface area contributed by atoms with Crippen LogP contribution in [0.4, 0.5) is 5.69 Å². The second-order valence-corrected chi connectivity index (χ2v) is 9.84. The van der Waals surface area contributed by atoms with Crippen LogP contribution in [0.15, 0.2) is 105 Å². The lowest BCUT2D eigenvalue weighted by Gasteiger charge is -2.28. The van der Waals surface area contributed by atoms with Gasteiger partial charge in [0.15, 0.2) is 5.82 Å². The molecule has 6 aromatic rings. The third-order valence-electron chi connectivity index (χ3n) is 7.27. The quantitative estimate of drug-likeness (QED) is 0.290. The minimum Gasteiger partial charge on any atom is -0.437 e. The van der Waals surface area contributed by atoms with Gasteiger partial charge >= 0.3 is 5.63 Å². The molecule has 0 bridgehead atoms. The zero-order chi connectivity index (χ0) is 26.7. The highest BCUT2D eigenvalue weighted by Gasteiger charge is 2.34. The Balaban J connectivity index is 1.47. The van der Waals surface area contributed by atoms with Crippen molar-refractivity contribution in [3.05, 3.63) is 128 Å². The molecule has 190 valence electrons. The second-order valence-electron chi connectivity index (χ2n) is 9.84. The summed E-state index contributed by atoms with van der Waals surface area (Å²) in [6.45, 7) is 0. The fraction of sp³-hybridized carbons (Fsp3) is 0.0938. The number of nitrogens with one attached hydrogen (secondary N) is 1. The van der Waals surface area contributed by atoms with E-state index in [0.29, 0.717) is 16.9 Å². The molecule has 7 nitrogen and oxygen atoms in total. The van der Waals surface area contributed by atoms with Crippen molar-refractivity contribution in [3.63, 3.8) is 0 Å². The SMILES string of the molecule is CN(C)c1ccc(C2c3ccc4ccccc4c3Oc3nc(-c4cc5ccccc5oc4=O)[nH]c(=O)c32)cc1. The molecule has 7 heteroatoms. The minimum absolute atomic E-state index is 0.101. The fourth-order valence-corrected chi connectivity index (χ4v) is 5.31. The molecule has 2 aromatic heterocycles. The number of aromatic nitrogens is 2. The first kappa shape index (κ1) is 23.0. The molecular weight excluding hydrogens is 490 g/mol. The van der Waals surface area contributed by atoms with E-state index in [1.54, 1.807) is 18.2 Å². The van der Waals surface area contributed by atoms with E-state index in [1.165, 1.54) is 0 Å². The summed E-state index contributed by atoms with van der Waals surface area (Å²) in [4.78, 5) is 36.2. The number of hydrogen-bond acceptors (Lipinski definition) is 6. The van der Waals surface area contributed by atoms with Crippen molar-refractivity contribution < 1.29 is 9.15 Å². The molecule has 3 heterocycles. The van der Waals surface area contributed by atoms with Crippen molar-refractivity contribution >= 4 is 27.4 Å². The molecule has 1 unspecified atom stereocenters. The van der Waals surface area contributed by atoms with Crippen molar-refractivity contribution in [2.45, 2.75) is 5.92 Å². The van der Waals surface area contributed by atoms with Crippen LogP contribution in [0.2, 0.25) is 0 Å². The summed E-state index contributed by atoms with van der Waals surface area (Å²) in [5, 5.41) is 2.66. The van der Waals surface area contributed by atoms with E-state index < -0.39 is 11.5 Å². The zero-order valence-corrected chi connectivity index (χ0v) is 21.3. The van der Waals surface area contributed by atoms with Gasteiger partial charge in [-0.15, -0.1) is 0 Å². The number of H-pyrrole nitrogens is 1. The van der Waals surface area contributed by atoms with Gasteiger partial charge in [0.05, 0.1) is 5.56 Å². The Morgan fingerprint density at radius 1 is 0.846 bits per heavy atom. The molecular formula is C32H23N3O4.